The average molecular weight is 477 g/mol. The number of hydrogen-bond donors (Lipinski definition) is 2. The predicted octanol–water partition coefficient (Wildman–Crippen LogP) is 4.55. The highest BCUT2D eigenvalue weighted by Crippen LogP contribution is 2.48. The number of likely N-dealkylation sites (tertiary alicyclic amines) is 1. The molecule has 2 N–H and O–H groups in total. The first-order chi connectivity index (χ1) is 17.0. The van der Waals surface area contributed by atoms with E-state index >= 15 is 0 Å². The number of fused-ring (bicyclic) bond motifs is 3. The molecule has 2 fully saturated rings. The molecule has 2 aromatic carbocycles. The lowest BCUT2D eigenvalue weighted by atomic mass is 9.94. The van der Waals surface area contributed by atoms with Crippen LogP contribution in [0, 0.1) is 5.41 Å². The van der Waals surface area contributed by atoms with Crippen molar-refractivity contribution < 1.29 is 24.2 Å². The van der Waals surface area contributed by atoms with Crippen LogP contribution >= 0.6 is 0 Å². The van der Waals surface area contributed by atoms with Gasteiger partial charge in [-0.3, -0.25) is 9.59 Å². The Hall–Kier alpha value is -3.35. The normalized spacial score (nSPS) is 20.0. The Bertz CT molecular complexity index is 1080. The fraction of sp³-hybridized carbons (Fsp3) is 0.464. The van der Waals surface area contributed by atoms with Gasteiger partial charge in [0.15, 0.2) is 0 Å². The van der Waals surface area contributed by atoms with Crippen molar-refractivity contribution in [2.24, 2.45) is 5.41 Å². The number of carbonyl (C=O) groups excluding carboxylic acids is 2. The van der Waals surface area contributed by atoms with Crippen molar-refractivity contribution in [2.45, 2.75) is 56.9 Å². The van der Waals surface area contributed by atoms with Gasteiger partial charge in [0.25, 0.3) is 0 Å². The highest BCUT2D eigenvalue weighted by Gasteiger charge is 2.53. The molecule has 0 bridgehead atoms. The molecule has 1 aliphatic heterocycles. The minimum Gasteiger partial charge on any atom is -0.481 e. The third-order valence-electron chi connectivity index (χ3n) is 7.80. The first kappa shape index (κ1) is 23.4. The zero-order chi connectivity index (χ0) is 24.4. The second-order valence-corrected chi connectivity index (χ2v) is 10.0. The molecule has 0 spiro atoms. The van der Waals surface area contributed by atoms with Crippen LogP contribution in [0.2, 0.25) is 0 Å². The summed E-state index contributed by atoms with van der Waals surface area (Å²) in [6, 6.07) is 16.4. The second kappa shape index (κ2) is 9.72. The van der Waals surface area contributed by atoms with Crippen LogP contribution in [0.1, 0.15) is 62.0 Å². The van der Waals surface area contributed by atoms with E-state index in [9.17, 15) is 14.4 Å². The van der Waals surface area contributed by atoms with Crippen molar-refractivity contribution in [2.75, 3.05) is 19.7 Å². The van der Waals surface area contributed by atoms with Gasteiger partial charge in [0.05, 0.1) is 5.41 Å². The molecule has 1 saturated carbocycles. The number of amides is 2. The molecule has 1 heterocycles. The summed E-state index contributed by atoms with van der Waals surface area (Å²) in [4.78, 5) is 38.9. The fourth-order valence-electron chi connectivity index (χ4n) is 5.67. The van der Waals surface area contributed by atoms with Crippen LogP contribution in [0.4, 0.5) is 4.79 Å². The number of carboxylic acid groups (broad SMARTS) is 1. The molecule has 0 aromatic heterocycles. The first-order valence-electron chi connectivity index (χ1n) is 12.6. The Morgan fingerprint density at radius 1 is 1.00 bits per heavy atom. The van der Waals surface area contributed by atoms with Crippen LogP contribution in [-0.4, -0.2) is 53.7 Å². The summed E-state index contributed by atoms with van der Waals surface area (Å²) in [6.07, 6.45) is 4.30. The molecule has 3 aliphatic rings. The van der Waals surface area contributed by atoms with Crippen molar-refractivity contribution in [3.05, 3.63) is 59.7 Å². The van der Waals surface area contributed by atoms with E-state index in [1.807, 2.05) is 29.2 Å². The van der Waals surface area contributed by atoms with Crippen LogP contribution < -0.4 is 5.32 Å². The number of carbonyl (C=O) groups is 3. The van der Waals surface area contributed by atoms with E-state index in [0.29, 0.717) is 13.0 Å². The van der Waals surface area contributed by atoms with Gasteiger partial charge >= 0.3 is 12.1 Å². The zero-order valence-corrected chi connectivity index (χ0v) is 19.9. The predicted molar refractivity (Wildman–Crippen MR) is 131 cm³/mol. The van der Waals surface area contributed by atoms with Crippen LogP contribution in [0.5, 0.6) is 0 Å². The van der Waals surface area contributed by atoms with E-state index in [0.717, 1.165) is 43.2 Å². The summed E-state index contributed by atoms with van der Waals surface area (Å²) < 4.78 is 5.63. The molecule has 7 heteroatoms. The van der Waals surface area contributed by atoms with Gasteiger partial charge in [-0.25, -0.2) is 4.79 Å². The Morgan fingerprint density at radius 3 is 2.29 bits per heavy atom. The number of carboxylic acids is 1. The molecule has 2 aromatic rings. The summed E-state index contributed by atoms with van der Waals surface area (Å²) >= 11 is 0. The molecule has 7 nitrogen and oxygen atoms in total. The lowest BCUT2D eigenvalue weighted by molar-refractivity contribution is -0.143. The summed E-state index contributed by atoms with van der Waals surface area (Å²) in [7, 11) is 0. The Labute approximate surface area is 205 Å². The molecule has 35 heavy (non-hydrogen) atoms. The molecule has 184 valence electrons. The maximum absolute atomic E-state index is 13.4. The SMILES string of the molecule is O=C(O)CCC1CCCCN1C(=O)C1(CNC(=O)OCC2c3ccccc3-c3ccccc32)CC1. The van der Waals surface area contributed by atoms with Crippen molar-refractivity contribution in [1.29, 1.82) is 0 Å². The molecule has 0 radical (unpaired) electrons. The number of nitrogens with zero attached hydrogens (tertiary/aromatic N) is 1. The maximum Gasteiger partial charge on any atom is 0.407 e. The lowest BCUT2D eigenvalue weighted by Gasteiger charge is -2.38. The number of benzene rings is 2. The number of alkyl carbamates (subject to hydrolysis) is 1. The van der Waals surface area contributed by atoms with E-state index in [1.165, 1.54) is 11.1 Å². The molecular formula is C28H32N2O5. The number of hydrogen-bond acceptors (Lipinski definition) is 4. The summed E-state index contributed by atoms with van der Waals surface area (Å²) in [5, 5.41) is 11.9. The third-order valence-corrected chi connectivity index (χ3v) is 7.80. The molecule has 2 aliphatic carbocycles. The van der Waals surface area contributed by atoms with Gasteiger partial charge in [0, 0.05) is 31.5 Å². The van der Waals surface area contributed by atoms with E-state index in [1.54, 1.807) is 0 Å². The smallest absolute Gasteiger partial charge is 0.407 e. The number of aliphatic carboxylic acids is 1. The van der Waals surface area contributed by atoms with Crippen LogP contribution in [0.25, 0.3) is 11.1 Å². The van der Waals surface area contributed by atoms with E-state index in [4.69, 9.17) is 9.84 Å². The van der Waals surface area contributed by atoms with Crippen molar-refractivity contribution in [3.8, 4) is 11.1 Å². The first-order valence-corrected chi connectivity index (χ1v) is 12.6. The number of rotatable bonds is 8. The van der Waals surface area contributed by atoms with E-state index in [2.05, 4.69) is 29.6 Å². The highest BCUT2D eigenvalue weighted by atomic mass is 16.5. The fourth-order valence-corrected chi connectivity index (χ4v) is 5.67. The molecular weight excluding hydrogens is 444 g/mol. The number of piperidine rings is 1. The van der Waals surface area contributed by atoms with Crippen LogP contribution in [0.3, 0.4) is 0 Å². The molecule has 1 unspecified atom stereocenters. The molecule has 1 saturated heterocycles. The van der Waals surface area contributed by atoms with Gasteiger partial charge in [0.1, 0.15) is 6.61 Å². The molecule has 2 amide bonds. The van der Waals surface area contributed by atoms with Gasteiger partial charge in [-0.05, 0) is 60.8 Å². The topological polar surface area (TPSA) is 95.9 Å². The van der Waals surface area contributed by atoms with Gasteiger partial charge < -0.3 is 20.1 Å². The maximum atomic E-state index is 13.4. The summed E-state index contributed by atoms with van der Waals surface area (Å²) in [6.45, 7) is 1.16. The number of nitrogens with one attached hydrogen (secondary N) is 1. The van der Waals surface area contributed by atoms with E-state index < -0.39 is 17.5 Å². The third kappa shape index (κ3) is 4.77. The Kier molecular flexibility index (Phi) is 6.50. The standard InChI is InChI=1S/C28H32N2O5/c31-25(32)13-12-19-7-5-6-16-30(19)26(33)28(14-15-28)18-29-27(34)35-17-24-22-10-3-1-8-20(22)21-9-2-4-11-23(21)24/h1-4,8-11,19,24H,5-7,12-18H2,(H,29,34)(H,31,32). The molecule has 1 atom stereocenters. The molecule has 5 rings (SSSR count). The quantitative estimate of drug-likeness (QED) is 0.583. The Balaban J connectivity index is 1.17. The number of ether oxygens (including phenoxy) is 1. The van der Waals surface area contributed by atoms with Crippen LogP contribution in [-0.2, 0) is 14.3 Å². The zero-order valence-electron chi connectivity index (χ0n) is 19.9. The van der Waals surface area contributed by atoms with Gasteiger partial charge in [-0.15, -0.1) is 0 Å². The summed E-state index contributed by atoms with van der Waals surface area (Å²) in [5.74, 6) is -0.791. The monoisotopic (exact) mass is 476 g/mol. The van der Waals surface area contributed by atoms with Crippen molar-refractivity contribution in [3.63, 3.8) is 0 Å². The summed E-state index contributed by atoms with van der Waals surface area (Å²) in [5.41, 5.74) is 4.10. The Morgan fingerprint density at radius 2 is 1.66 bits per heavy atom. The minimum absolute atomic E-state index is 0.00647. The largest absolute Gasteiger partial charge is 0.481 e. The van der Waals surface area contributed by atoms with Gasteiger partial charge in [0.2, 0.25) is 5.91 Å². The van der Waals surface area contributed by atoms with Gasteiger partial charge in [-0.2, -0.15) is 0 Å². The minimum atomic E-state index is -0.832. The van der Waals surface area contributed by atoms with Crippen molar-refractivity contribution >= 4 is 18.0 Å². The lowest BCUT2D eigenvalue weighted by Crippen LogP contribution is -2.49. The second-order valence-electron chi connectivity index (χ2n) is 10.0. The van der Waals surface area contributed by atoms with Gasteiger partial charge in [-0.1, -0.05) is 48.5 Å². The highest BCUT2D eigenvalue weighted by molar-refractivity contribution is 5.87. The van der Waals surface area contributed by atoms with Crippen molar-refractivity contribution in [1.82, 2.24) is 10.2 Å². The van der Waals surface area contributed by atoms with Crippen LogP contribution in [0.15, 0.2) is 48.5 Å². The van der Waals surface area contributed by atoms with E-state index in [-0.39, 0.29) is 37.4 Å². The average Bonchev–Trinajstić information content (AvgIpc) is 3.61.